The summed E-state index contributed by atoms with van der Waals surface area (Å²) < 4.78 is 6.49. The van der Waals surface area contributed by atoms with Crippen LogP contribution in [0.25, 0.3) is 11.1 Å². The zero-order chi connectivity index (χ0) is 18.0. The van der Waals surface area contributed by atoms with Crippen LogP contribution in [0.4, 0.5) is 5.69 Å². The maximum Gasteiger partial charge on any atom is 0.419 e. The van der Waals surface area contributed by atoms with Crippen molar-refractivity contribution in [3.63, 3.8) is 0 Å². The fourth-order valence-electron chi connectivity index (χ4n) is 2.41. The van der Waals surface area contributed by atoms with Gasteiger partial charge in [-0.1, -0.05) is 11.6 Å². The number of oxazole rings is 1. The molecule has 3 rings (SSSR count). The van der Waals surface area contributed by atoms with Crippen LogP contribution in [0.1, 0.15) is 16.8 Å². The van der Waals surface area contributed by atoms with Crippen LogP contribution in [0.15, 0.2) is 51.7 Å². The Morgan fingerprint density at radius 2 is 1.88 bits per heavy atom. The monoisotopic (exact) mass is 359 g/mol. The van der Waals surface area contributed by atoms with Crippen molar-refractivity contribution < 1.29 is 14.0 Å². The first kappa shape index (κ1) is 16.8. The highest BCUT2D eigenvalue weighted by molar-refractivity contribution is 6.31. The van der Waals surface area contributed by atoms with Gasteiger partial charge in [0.15, 0.2) is 5.58 Å². The number of aromatic nitrogens is 1. The van der Waals surface area contributed by atoms with E-state index in [1.54, 1.807) is 30.3 Å². The molecule has 0 atom stereocenters. The van der Waals surface area contributed by atoms with Crippen molar-refractivity contribution in [3.8, 4) is 0 Å². The second-order valence-electron chi connectivity index (χ2n) is 5.37. The number of primary amides is 1. The van der Waals surface area contributed by atoms with Crippen molar-refractivity contribution in [1.82, 2.24) is 4.57 Å². The third kappa shape index (κ3) is 3.72. The number of fused-ring (bicyclic) bond motifs is 1. The van der Waals surface area contributed by atoms with Crippen molar-refractivity contribution >= 4 is 40.2 Å². The van der Waals surface area contributed by atoms with E-state index >= 15 is 0 Å². The number of carbonyl (C=O) groups is 2. The molecule has 3 aromatic rings. The van der Waals surface area contributed by atoms with Crippen LogP contribution in [-0.2, 0) is 11.3 Å². The molecule has 0 saturated carbocycles. The van der Waals surface area contributed by atoms with E-state index < -0.39 is 11.7 Å². The number of carbonyl (C=O) groups excluding carboxylic acids is 2. The number of nitrogens with one attached hydrogen (secondary N) is 1. The highest BCUT2D eigenvalue weighted by Crippen LogP contribution is 2.18. The Labute approximate surface area is 147 Å². The maximum absolute atomic E-state index is 12.1. The van der Waals surface area contributed by atoms with Crippen LogP contribution in [0.2, 0.25) is 5.02 Å². The van der Waals surface area contributed by atoms with Gasteiger partial charge in [0.05, 0.1) is 5.52 Å². The lowest BCUT2D eigenvalue weighted by atomic mass is 10.2. The first-order chi connectivity index (χ1) is 11.9. The minimum absolute atomic E-state index is 0.0781. The van der Waals surface area contributed by atoms with E-state index in [4.69, 9.17) is 21.8 Å². The van der Waals surface area contributed by atoms with Gasteiger partial charge in [-0.05, 0) is 36.4 Å². The molecular weight excluding hydrogens is 346 g/mol. The Kier molecular flexibility index (Phi) is 4.58. The largest absolute Gasteiger partial charge is 0.419 e. The van der Waals surface area contributed by atoms with E-state index in [9.17, 15) is 14.4 Å². The van der Waals surface area contributed by atoms with Gasteiger partial charge >= 0.3 is 5.76 Å². The van der Waals surface area contributed by atoms with Gasteiger partial charge in [0.2, 0.25) is 11.8 Å². The lowest BCUT2D eigenvalue weighted by Crippen LogP contribution is -2.20. The highest BCUT2D eigenvalue weighted by atomic mass is 35.5. The van der Waals surface area contributed by atoms with Gasteiger partial charge in [0.1, 0.15) is 0 Å². The smallest absolute Gasteiger partial charge is 0.408 e. The molecule has 2 amide bonds. The van der Waals surface area contributed by atoms with Crippen molar-refractivity contribution in [2.24, 2.45) is 5.73 Å². The van der Waals surface area contributed by atoms with Crippen LogP contribution in [0.3, 0.4) is 0 Å². The molecular formula is C17H14ClN3O4. The number of nitrogens with two attached hydrogens (primary N) is 1. The second kappa shape index (κ2) is 6.82. The molecule has 1 aromatic heterocycles. The summed E-state index contributed by atoms with van der Waals surface area (Å²) >= 11 is 5.86. The summed E-state index contributed by atoms with van der Waals surface area (Å²) in [5, 5.41) is 3.15. The third-order valence-corrected chi connectivity index (χ3v) is 3.88. The molecule has 0 bridgehead atoms. The predicted octanol–water partition coefficient (Wildman–Crippen LogP) is 2.38. The van der Waals surface area contributed by atoms with E-state index in [0.29, 0.717) is 27.4 Å². The average Bonchev–Trinajstić information content (AvgIpc) is 2.87. The lowest BCUT2D eigenvalue weighted by Gasteiger charge is -2.06. The number of halogens is 1. The van der Waals surface area contributed by atoms with Crippen LogP contribution < -0.4 is 16.8 Å². The van der Waals surface area contributed by atoms with Crippen LogP contribution in [0, 0.1) is 0 Å². The number of aryl methyl sites for hydroxylation is 1. The third-order valence-electron chi connectivity index (χ3n) is 3.65. The van der Waals surface area contributed by atoms with Gasteiger partial charge < -0.3 is 15.5 Å². The average molecular weight is 360 g/mol. The molecule has 0 fully saturated rings. The van der Waals surface area contributed by atoms with Crippen molar-refractivity contribution in [1.29, 1.82) is 0 Å². The minimum Gasteiger partial charge on any atom is -0.408 e. The summed E-state index contributed by atoms with van der Waals surface area (Å²) in [6.07, 6.45) is 0.0781. The van der Waals surface area contributed by atoms with Gasteiger partial charge in [-0.25, -0.2) is 4.79 Å². The van der Waals surface area contributed by atoms with Crippen molar-refractivity contribution in [3.05, 3.63) is 63.6 Å². The summed E-state index contributed by atoms with van der Waals surface area (Å²) in [5.41, 5.74) is 7.00. The number of hydrogen-bond acceptors (Lipinski definition) is 4. The Morgan fingerprint density at radius 1 is 1.16 bits per heavy atom. The summed E-state index contributed by atoms with van der Waals surface area (Å²) in [4.78, 5) is 35.0. The molecule has 128 valence electrons. The van der Waals surface area contributed by atoms with Gasteiger partial charge in [0.25, 0.3) is 0 Å². The van der Waals surface area contributed by atoms with E-state index in [1.807, 2.05) is 0 Å². The molecule has 8 heteroatoms. The first-order valence-electron chi connectivity index (χ1n) is 7.42. The number of benzene rings is 2. The lowest BCUT2D eigenvalue weighted by molar-refractivity contribution is -0.116. The van der Waals surface area contributed by atoms with Crippen LogP contribution >= 0.6 is 11.6 Å². The van der Waals surface area contributed by atoms with Gasteiger partial charge in [-0.2, -0.15) is 0 Å². The maximum atomic E-state index is 12.1. The van der Waals surface area contributed by atoms with E-state index in [1.165, 1.54) is 16.7 Å². The standard InChI is InChI=1S/C17H14ClN3O4/c18-11-3-6-13-14(9-11)25-17(24)21(13)8-7-15(22)20-12-4-1-10(2-5-12)16(19)23/h1-6,9H,7-8H2,(H2,19,23)(H,20,22). The van der Waals surface area contributed by atoms with Crippen molar-refractivity contribution in [2.75, 3.05) is 5.32 Å². The molecule has 0 aliphatic heterocycles. The molecule has 0 aliphatic carbocycles. The molecule has 0 saturated heterocycles. The Bertz CT molecular complexity index is 1000. The Balaban J connectivity index is 1.67. The fourth-order valence-corrected chi connectivity index (χ4v) is 2.57. The molecule has 2 aromatic carbocycles. The highest BCUT2D eigenvalue weighted by Gasteiger charge is 2.11. The zero-order valence-corrected chi connectivity index (χ0v) is 13.7. The molecule has 25 heavy (non-hydrogen) atoms. The molecule has 0 aliphatic rings. The summed E-state index contributed by atoms with van der Waals surface area (Å²) in [5.74, 6) is -1.36. The topological polar surface area (TPSA) is 107 Å². The van der Waals surface area contributed by atoms with Crippen molar-refractivity contribution in [2.45, 2.75) is 13.0 Å². The van der Waals surface area contributed by atoms with E-state index in [-0.39, 0.29) is 18.9 Å². The second-order valence-corrected chi connectivity index (χ2v) is 5.81. The molecule has 1 heterocycles. The predicted molar refractivity (Wildman–Crippen MR) is 93.7 cm³/mol. The molecule has 3 N–H and O–H groups in total. The minimum atomic E-state index is -0.545. The number of hydrogen-bond donors (Lipinski definition) is 2. The number of anilines is 1. The Hall–Kier alpha value is -3.06. The van der Waals surface area contributed by atoms with Gasteiger partial charge in [-0.3, -0.25) is 14.2 Å². The SMILES string of the molecule is NC(=O)c1ccc(NC(=O)CCn2c(=O)oc3cc(Cl)ccc32)cc1. The van der Waals surface area contributed by atoms with Gasteiger partial charge in [0, 0.05) is 35.3 Å². The van der Waals surface area contributed by atoms with Gasteiger partial charge in [-0.15, -0.1) is 0 Å². The van der Waals surface area contributed by atoms with Crippen LogP contribution in [0.5, 0.6) is 0 Å². The zero-order valence-electron chi connectivity index (χ0n) is 13.0. The Morgan fingerprint density at radius 3 is 2.56 bits per heavy atom. The summed E-state index contributed by atoms with van der Waals surface area (Å²) in [6, 6.07) is 11.1. The number of rotatable bonds is 5. The van der Waals surface area contributed by atoms with Crippen LogP contribution in [-0.4, -0.2) is 16.4 Å². The molecule has 0 unspecified atom stereocenters. The van der Waals surface area contributed by atoms with E-state index in [2.05, 4.69) is 5.32 Å². The van der Waals surface area contributed by atoms with E-state index in [0.717, 1.165) is 0 Å². The quantitative estimate of drug-likeness (QED) is 0.729. The first-order valence-corrected chi connectivity index (χ1v) is 7.80. The molecule has 0 radical (unpaired) electrons. The fraction of sp³-hybridized carbons (Fsp3) is 0.118. The molecule has 7 nitrogen and oxygen atoms in total. The number of amides is 2. The summed E-state index contributed by atoms with van der Waals surface area (Å²) in [6.45, 7) is 0.165. The summed E-state index contributed by atoms with van der Waals surface area (Å²) in [7, 11) is 0. The molecule has 0 spiro atoms. The number of nitrogens with zero attached hydrogens (tertiary/aromatic N) is 1. The normalized spacial score (nSPS) is 10.8.